The summed E-state index contributed by atoms with van der Waals surface area (Å²) in [5, 5.41) is 14.6. The molecule has 1 amide bonds. The van der Waals surface area contributed by atoms with Gasteiger partial charge in [-0.3, -0.25) is 18.6 Å². The smallest absolute Gasteiger partial charge is 0.262 e. The lowest BCUT2D eigenvalue weighted by Gasteiger charge is -2.11. The van der Waals surface area contributed by atoms with Gasteiger partial charge >= 0.3 is 0 Å². The lowest BCUT2D eigenvalue weighted by atomic mass is 10.2. The van der Waals surface area contributed by atoms with Crippen molar-refractivity contribution in [2.24, 2.45) is 0 Å². The Kier molecular flexibility index (Phi) is 4.71. The number of hydrogen-bond donors (Lipinski definition) is 2. The van der Waals surface area contributed by atoms with Gasteiger partial charge in [0.2, 0.25) is 11.7 Å². The van der Waals surface area contributed by atoms with E-state index >= 15 is 0 Å². The van der Waals surface area contributed by atoms with Gasteiger partial charge in [-0.25, -0.2) is 4.39 Å². The van der Waals surface area contributed by atoms with Crippen molar-refractivity contribution < 1.29 is 9.18 Å². The molecule has 0 fully saturated rings. The van der Waals surface area contributed by atoms with Crippen LogP contribution < -0.4 is 16.2 Å². The van der Waals surface area contributed by atoms with Crippen LogP contribution in [0, 0.1) is 5.82 Å². The van der Waals surface area contributed by atoms with Crippen LogP contribution >= 0.6 is 0 Å². The summed E-state index contributed by atoms with van der Waals surface area (Å²) in [6, 6.07) is 11.5. The zero-order chi connectivity index (χ0) is 20.5. The molecule has 4 rings (SSSR count). The molecule has 0 aliphatic heterocycles. The predicted octanol–water partition coefficient (Wildman–Crippen LogP) is 2.77. The van der Waals surface area contributed by atoms with Crippen LogP contribution in [-0.2, 0) is 17.9 Å². The molecule has 0 radical (unpaired) electrons. The Morgan fingerprint density at radius 2 is 1.97 bits per heavy atom. The lowest BCUT2D eigenvalue weighted by Crippen LogP contribution is -2.23. The number of hydrogen-bond acceptors (Lipinski definition) is 5. The van der Waals surface area contributed by atoms with Crippen LogP contribution in [0.2, 0.25) is 0 Å². The molecule has 0 unspecified atom stereocenters. The molecule has 0 aliphatic rings. The molecule has 0 aliphatic carbocycles. The minimum Gasteiger partial charge on any atom is -0.375 e. The molecule has 4 aromatic rings. The maximum Gasteiger partial charge on any atom is 0.262 e. The first-order valence-corrected chi connectivity index (χ1v) is 9.16. The van der Waals surface area contributed by atoms with Crippen LogP contribution in [0.3, 0.4) is 0 Å². The number of benzene rings is 2. The monoisotopic (exact) mass is 394 g/mol. The molecule has 29 heavy (non-hydrogen) atoms. The number of fused-ring (bicyclic) bond motifs is 3. The van der Waals surface area contributed by atoms with Crippen LogP contribution in [0.25, 0.3) is 16.7 Å². The highest BCUT2D eigenvalue weighted by molar-refractivity contribution is 5.89. The van der Waals surface area contributed by atoms with E-state index in [1.165, 1.54) is 25.1 Å². The zero-order valence-corrected chi connectivity index (χ0v) is 15.9. The summed E-state index contributed by atoms with van der Waals surface area (Å²) in [5.74, 6) is 0.265. The quantitative estimate of drug-likeness (QED) is 0.543. The van der Waals surface area contributed by atoms with E-state index in [2.05, 4.69) is 20.8 Å². The molecule has 9 heteroatoms. The molecule has 2 N–H and O–H groups in total. The molecule has 2 heterocycles. The highest BCUT2D eigenvalue weighted by atomic mass is 19.1. The largest absolute Gasteiger partial charge is 0.375 e. The van der Waals surface area contributed by atoms with Crippen molar-refractivity contribution in [3.05, 3.63) is 64.5 Å². The Morgan fingerprint density at radius 1 is 1.17 bits per heavy atom. The Hall–Kier alpha value is -3.75. The summed E-state index contributed by atoms with van der Waals surface area (Å²) < 4.78 is 17.6. The third-order valence-electron chi connectivity index (χ3n) is 4.61. The maximum absolute atomic E-state index is 14.2. The topological polar surface area (TPSA) is 93.3 Å². The van der Waals surface area contributed by atoms with E-state index < -0.39 is 5.82 Å². The Bertz CT molecular complexity index is 1290. The van der Waals surface area contributed by atoms with Gasteiger partial charge in [-0.05, 0) is 37.3 Å². The van der Waals surface area contributed by atoms with Gasteiger partial charge in [-0.2, -0.15) is 0 Å². The van der Waals surface area contributed by atoms with Crippen molar-refractivity contribution in [1.82, 2.24) is 19.2 Å². The number of aryl methyl sites for hydroxylation is 1. The summed E-state index contributed by atoms with van der Waals surface area (Å²) in [7, 11) is 0. The maximum atomic E-state index is 14.2. The first kappa shape index (κ1) is 18.6. The molecule has 2 aromatic carbocycles. The summed E-state index contributed by atoms with van der Waals surface area (Å²) in [6.45, 7) is 3.88. The number of nitrogens with zero attached hydrogens (tertiary/aromatic N) is 4. The van der Waals surface area contributed by atoms with E-state index in [4.69, 9.17) is 0 Å². The van der Waals surface area contributed by atoms with E-state index in [9.17, 15) is 14.0 Å². The molecule has 8 nitrogen and oxygen atoms in total. The Balaban J connectivity index is 1.76. The first-order chi connectivity index (χ1) is 14.0. The fourth-order valence-corrected chi connectivity index (χ4v) is 3.33. The number of carbonyl (C=O) groups is 1. The van der Waals surface area contributed by atoms with Gasteiger partial charge in [0.25, 0.3) is 5.56 Å². The molecular weight excluding hydrogens is 375 g/mol. The van der Waals surface area contributed by atoms with E-state index in [1.807, 2.05) is 19.1 Å². The number of amides is 1. The number of aromatic nitrogens is 4. The molecule has 148 valence electrons. The van der Waals surface area contributed by atoms with Crippen molar-refractivity contribution in [2.75, 3.05) is 10.6 Å². The highest BCUT2D eigenvalue weighted by Crippen LogP contribution is 2.21. The Morgan fingerprint density at radius 3 is 2.72 bits per heavy atom. The van der Waals surface area contributed by atoms with Crippen LogP contribution in [0.1, 0.15) is 19.7 Å². The van der Waals surface area contributed by atoms with Crippen LogP contribution in [0.5, 0.6) is 0 Å². The molecule has 2 aromatic heterocycles. The van der Waals surface area contributed by atoms with Crippen molar-refractivity contribution in [3.8, 4) is 0 Å². The van der Waals surface area contributed by atoms with Gasteiger partial charge in [0, 0.05) is 19.2 Å². The van der Waals surface area contributed by atoms with Crippen LogP contribution in [-0.4, -0.2) is 25.1 Å². The second-order valence-electron chi connectivity index (χ2n) is 6.55. The molecule has 0 bridgehead atoms. The second-order valence-corrected chi connectivity index (χ2v) is 6.55. The van der Waals surface area contributed by atoms with Gasteiger partial charge < -0.3 is 10.6 Å². The second kappa shape index (κ2) is 7.34. The van der Waals surface area contributed by atoms with E-state index in [0.29, 0.717) is 34.7 Å². The standard InChI is InChI=1S/C20H19FN6O2/c1-3-26-19(29)14-6-4-5-7-17(14)27-18(24-25-20(26)27)11-22-16-10-13(23-12(2)28)8-9-15(16)21/h4-10,22H,3,11H2,1-2H3,(H,23,28). The minimum absolute atomic E-state index is 0.128. The molecule has 0 atom stereocenters. The van der Waals surface area contributed by atoms with E-state index in [-0.39, 0.29) is 23.7 Å². The van der Waals surface area contributed by atoms with Gasteiger partial charge in [0.1, 0.15) is 5.82 Å². The average molecular weight is 394 g/mol. The number of rotatable bonds is 5. The number of halogens is 1. The molecule has 0 saturated carbocycles. The Labute approximate surface area is 165 Å². The fourth-order valence-electron chi connectivity index (χ4n) is 3.33. The van der Waals surface area contributed by atoms with Crippen molar-refractivity contribution in [2.45, 2.75) is 26.9 Å². The van der Waals surface area contributed by atoms with Crippen molar-refractivity contribution in [3.63, 3.8) is 0 Å². The molecule has 0 spiro atoms. The lowest BCUT2D eigenvalue weighted by molar-refractivity contribution is -0.114. The minimum atomic E-state index is -0.455. The van der Waals surface area contributed by atoms with E-state index in [0.717, 1.165) is 0 Å². The van der Waals surface area contributed by atoms with Gasteiger partial charge in [-0.1, -0.05) is 12.1 Å². The fraction of sp³-hybridized carbons (Fsp3) is 0.200. The summed E-state index contributed by atoms with van der Waals surface area (Å²) >= 11 is 0. The van der Waals surface area contributed by atoms with Crippen molar-refractivity contribution >= 4 is 34.0 Å². The average Bonchev–Trinajstić information content (AvgIpc) is 3.12. The summed E-state index contributed by atoms with van der Waals surface area (Å²) in [6.07, 6.45) is 0. The zero-order valence-electron chi connectivity index (χ0n) is 15.9. The number of anilines is 2. The predicted molar refractivity (Wildman–Crippen MR) is 108 cm³/mol. The summed E-state index contributed by atoms with van der Waals surface area (Å²) in [5.41, 5.74) is 1.27. The van der Waals surface area contributed by atoms with Gasteiger partial charge in [-0.15, -0.1) is 10.2 Å². The number of carbonyl (C=O) groups excluding carboxylic acids is 1. The van der Waals surface area contributed by atoms with Crippen molar-refractivity contribution in [1.29, 1.82) is 0 Å². The van der Waals surface area contributed by atoms with Crippen LogP contribution in [0.15, 0.2) is 47.3 Å². The number of nitrogens with one attached hydrogen (secondary N) is 2. The highest BCUT2D eigenvalue weighted by Gasteiger charge is 2.16. The van der Waals surface area contributed by atoms with Crippen LogP contribution in [0.4, 0.5) is 15.8 Å². The SMILES string of the molecule is CCn1c(=O)c2ccccc2n2c(CNc3cc(NC(C)=O)ccc3F)nnc12. The molecule has 0 saturated heterocycles. The van der Waals surface area contributed by atoms with E-state index in [1.54, 1.807) is 21.1 Å². The number of para-hydroxylation sites is 1. The van der Waals surface area contributed by atoms with Gasteiger partial charge in [0.05, 0.1) is 23.1 Å². The first-order valence-electron chi connectivity index (χ1n) is 9.16. The molecular formula is C20H19FN6O2. The van der Waals surface area contributed by atoms with Gasteiger partial charge in [0.15, 0.2) is 5.82 Å². The third-order valence-corrected chi connectivity index (χ3v) is 4.61. The normalized spacial score (nSPS) is 11.1. The third kappa shape index (κ3) is 3.31. The summed E-state index contributed by atoms with van der Waals surface area (Å²) in [4.78, 5) is 24.0.